The molecule has 0 saturated carbocycles. The van der Waals surface area contributed by atoms with Crippen LogP contribution in [0.3, 0.4) is 0 Å². The Balaban J connectivity index is 1.68. The molecule has 1 aliphatic rings. The lowest BCUT2D eigenvalue weighted by molar-refractivity contribution is -0.150. The van der Waals surface area contributed by atoms with E-state index in [9.17, 15) is 4.79 Å². The average molecular weight is 328 g/mol. The molecule has 2 unspecified atom stereocenters. The van der Waals surface area contributed by atoms with E-state index in [-0.39, 0.29) is 5.91 Å². The molecular weight excluding hydrogens is 304 g/mol. The maximum atomic E-state index is 12.8. The number of amides is 1. The van der Waals surface area contributed by atoms with Gasteiger partial charge in [0, 0.05) is 25.4 Å². The fourth-order valence-corrected chi connectivity index (χ4v) is 3.12. The van der Waals surface area contributed by atoms with E-state index in [1.807, 2.05) is 55.4 Å². The van der Waals surface area contributed by atoms with Gasteiger partial charge in [-0.25, -0.2) is 0 Å². The van der Waals surface area contributed by atoms with Crippen molar-refractivity contribution in [3.05, 3.63) is 53.9 Å². The second-order valence-electron chi connectivity index (χ2n) is 6.54. The van der Waals surface area contributed by atoms with Gasteiger partial charge in [-0.05, 0) is 18.9 Å². The first kappa shape index (κ1) is 16.7. The molecule has 0 aliphatic carbocycles. The predicted octanol–water partition coefficient (Wildman–Crippen LogP) is 1.06. The van der Waals surface area contributed by atoms with E-state index in [2.05, 4.69) is 5.10 Å². The van der Waals surface area contributed by atoms with Gasteiger partial charge in [0.25, 0.3) is 0 Å². The van der Waals surface area contributed by atoms with Gasteiger partial charge in [-0.2, -0.15) is 5.10 Å². The number of rotatable bonds is 4. The van der Waals surface area contributed by atoms with Crippen LogP contribution in [0.4, 0.5) is 0 Å². The predicted molar refractivity (Wildman–Crippen MR) is 91.2 cm³/mol. The highest BCUT2D eigenvalue weighted by Gasteiger charge is 2.37. The van der Waals surface area contributed by atoms with Crippen molar-refractivity contribution in [2.24, 2.45) is 12.8 Å². The van der Waals surface area contributed by atoms with Gasteiger partial charge in [-0.15, -0.1) is 0 Å². The molecule has 6 heteroatoms. The van der Waals surface area contributed by atoms with E-state index in [1.165, 1.54) is 0 Å². The number of ether oxygens (including phenoxy) is 1. The number of nitrogens with zero attached hydrogens (tertiary/aromatic N) is 3. The van der Waals surface area contributed by atoms with Crippen LogP contribution in [-0.2, 0) is 28.6 Å². The van der Waals surface area contributed by atoms with Crippen molar-refractivity contribution >= 4 is 5.91 Å². The van der Waals surface area contributed by atoms with Crippen LogP contribution >= 0.6 is 0 Å². The summed E-state index contributed by atoms with van der Waals surface area (Å²) in [6.07, 6.45) is 4.26. The first-order valence-electron chi connectivity index (χ1n) is 8.19. The average Bonchev–Trinajstić information content (AvgIpc) is 3.02. The molecule has 1 amide bonds. The highest BCUT2D eigenvalue weighted by atomic mass is 16.5. The van der Waals surface area contributed by atoms with Gasteiger partial charge in [0.15, 0.2) is 0 Å². The smallest absolute Gasteiger partial charge is 0.240 e. The van der Waals surface area contributed by atoms with Crippen molar-refractivity contribution in [3.63, 3.8) is 0 Å². The van der Waals surface area contributed by atoms with Crippen molar-refractivity contribution < 1.29 is 9.53 Å². The van der Waals surface area contributed by atoms with Gasteiger partial charge in [-0.3, -0.25) is 9.48 Å². The van der Waals surface area contributed by atoms with Gasteiger partial charge in [0.2, 0.25) is 5.91 Å². The molecule has 1 aromatic carbocycles. The molecule has 0 bridgehead atoms. The number of morpholine rings is 1. The number of hydrogen-bond donors (Lipinski definition) is 1. The van der Waals surface area contributed by atoms with Crippen LogP contribution in [0.5, 0.6) is 0 Å². The van der Waals surface area contributed by atoms with Crippen LogP contribution in [0.25, 0.3) is 0 Å². The van der Waals surface area contributed by atoms with Gasteiger partial charge in [0.05, 0.1) is 25.4 Å². The van der Waals surface area contributed by atoms with Crippen LogP contribution in [0.15, 0.2) is 42.7 Å². The molecule has 128 valence electrons. The van der Waals surface area contributed by atoms with Crippen molar-refractivity contribution in [1.29, 1.82) is 0 Å². The van der Waals surface area contributed by atoms with Crippen molar-refractivity contribution in [2.45, 2.75) is 25.0 Å². The topological polar surface area (TPSA) is 73.4 Å². The maximum absolute atomic E-state index is 12.8. The molecule has 6 nitrogen and oxygen atoms in total. The Hall–Kier alpha value is -2.18. The summed E-state index contributed by atoms with van der Waals surface area (Å²) in [4.78, 5) is 14.6. The SMILES string of the molecule is Cn1cc(C2(C)CN(C(=O)C(N)Cc3ccccc3)CCO2)cn1. The van der Waals surface area contributed by atoms with E-state index in [1.54, 1.807) is 10.9 Å². The highest BCUT2D eigenvalue weighted by Crippen LogP contribution is 2.29. The molecule has 1 fully saturated rings. The molecule has 2 heterocycles. The summed E-state index contributed by atoms with van der Waals surface area (Å²) in [5.74, 6) is -0.0303. The molecule has 1 aromatic heterocycles. The molecule has 0 radical (unpaired) electrons. The highest BCUT2D eigenvalue weighted by molar-refractivity contribution is 5.82. The zero-order chi connectivity index (χ0) is 17.2. The molecule has 3 rings (SSSR count). The minimum absolute atomic E-state index is 0.0303. The third-order valence-corrected chi connectivity index (χ3v) is 4.52. The van der Waals surface area contributed by atoms with Gasteiger partial charge in [-0.1, -0.05) is 30.3 Å². The number of aromatic nitrogens is 2. The Morgan fingerprint density at radius 3 is 2.83 bits per heavy atom. The Morgan fingerprint density at radius 2 is 2.17 bits per heavy atom. The summed E-state index contributed by atoms with van der Waals surface area (Å²) < 4.78 is 7.70. The standard InChI is InChI=1S/C18H24N4O2/c1-18(15-11-20-21(2)12-15)13-22(8-9-24-18)17(23)16(19)10-14-6-4-3-5-7-14/h3-7,11-12,16H,8-10,13,19H2,1-2H3. The second-order valence-corrected chi connectivity index (χ2v) is 6.54. The Labute approximate surface area is 142 Å². The van der Waals surface area contributed by atoms with Gasteiger partial charge < -0.3 is 15.4 Å². The number of carbonyl (C=O) groups excluding carboxylic acids is 1. The molecule has 2 N–H and O–H groups in total. The summed E-state index contributed by atoms with van der Waals surface area (Å²) in [5, 5.41) is 4.21. The Bertz CT molecular complexity index is 700. The Kier molecular flexibility index (Phi) is 4.69. The summed E-state index contributed by atoms with van der Waals surface area (Å²) in [5.41, 5.74) is 7.66. The monoisotopic (exact) mass is 328 g/mol. The Morgan fingerprint density at radius 1 is 1.42 bits per heavy atom. The minimum atomic E-state index is -0.547. The first-order chi connectivity index (χ1) is 11.5. The van der Waals surface area contributed by atoms with E-state index >= 15 is 0 Å². The van der Waals surface area contributed by atoms with Crippen LogP contribution in [0.2, 0.25) is 0 Å². The lowest BCUT2D eigenvalue weighted by Crippen LogP contribution is -2.54. The van der Waals surface area contributed by atoms with E-state index in [4.69, 9.17) is 10.5 Å². The van der Waals surface area contributed by atoms with Crippen molar-refractivity contribution in [3.8, 4) is 0 Å². The summed E-state index contributed by atoms with van der Waals surface area (Å²) in [6.45, 7) is 3.54. The molecule has 24 heavy (non-hydrogen) atoms. The zero-order valence-corrected chi connectivity index (χ0v) is 14.2. The van der Waals surface area contributed by atoms with Crippen LogP contribution in [-0.4, -0.2) is 46.3 Å². The van der Waals surface area contributed by atoms with E-state index in [0.29, 0.717) is 26.1 Å². The number of aryl methyl sites for hydroxylation is 1. The molecule has 2 atom stereocenters. The lowest BCUT2D eigenvalue weighted by Gasteiger charge is -2.40. The minimum Gasteiger partial charge on any atom is -0.367 e. The number of carbonyl (C=O) groups is 1. The summed E-state index contributed by atoms with van der Waals surface area (Å²) >= 11 is 0. The van der Waals surface area contributed by atoms with E-state index < -0.39 is 11.6 Å². The number of benzene rings is 1. The zero-order valence-electron chi connectivity index (χ0n) is 14.2. The molecule has 1 saturated heterocycles. The van der Waals surface area contributed by atoms with Crippen LogP contribution < -0.4 is 5.73 Å². The summed E-state index contributed by atoms with van der Waals surface area (Å²) in [6, 6.07) is 9.32. The summed E-state index contributed by atoms with van der Waals surface area (Å²) in [7, 11) is 1.87. The van der Waals surface area contributed by atoms with Gasteiger partial charge in [0.1, 0.15) is 5.60 Å². The number of nitrogens with two attached hydrogens (primary N) is 1. The molecule has 2 aromatic rings. The molecular formula is C18H24N4O2. The quantitative estimate of drug-likeness (QED) is 0.911. The fourth-order valence-electron chi connectivity index (χ4n) is 3.12. The fraction of sp³-hybridized carbons (Fsp3) is 0.444. The maximum Gasteiger partial charge on any atom is 0.240 e. The first-order valence-corrected chi connectivity index (χ1v) is 8.19. The lowest BCUT2D eigenvalue weighted by atomic mass is 9.96. The van der Waals surface area contributed by atoms with E-state index in [0.717, 1.165) is 11.1 Å². The van der Waals surface area contributed by atoms with Crippen LogP contribution in [0, 0.1) is 0 Å². The third-order valence-electron chi connectivity index (χ3n) is 4.52. The van der Waals surface area contributed by atoms with Gasteiger partial charge >= 0.3 is 0 Å². The normalized spacial score (nSPS) is 22.4. The number of hydrogen-bond acceptors (Lipinski definition) is 4. The third kappa shape index (κ3) is 3.49. The van der Waals surface area contributed by atoms with Crippen molar-refractivity contribution in [1.82, 2.24) is 14.7 Å². The van der Waals surface area contributed by atoms with Crippen molar-refractivity contribution in [2.75, 3.05) is 19.7 Å². The second kappa shape index (κ2) is 6.75. The molecule has 1 aliphatic heterocycles. The van der Waals surface area contributed by atoms with Crippen LogP contribution in [0.1, 0.15) is 18.1 Å². The largest absolute Gasteiger partial charge is 0.367 e. The molecule has 0 spiro atoms.